The van der Waals surface area contributed by atoms with Gasteiger partial charge in [0, 0.05) is 34.7 Å². The molecule has 4 heteroatoms. The molecule has 0 radical (unpaired) electrons. The fourth-order valence-corrected chi connectivity index (χ4v) is 3.13. The van der Waals surface area contributed by atoms with Gasteiger partial charge in [0.1, 0.15) is 0 Å². The summed E-state index contributed by atoms with van der Waals surface area (Å²) in [5.41, 5.74) is 8.33. The third-order valence-corrected chi connectivity index (χ3v) is 4.32. The van der Waals surface area contributed by atoms with E-state index in [-0.39, 0.29) is 0 Å². The summed E-state index contributed by atoms with van der Waals surface area (Å²) in [4.78, 5) is 5.84. The average molecular weight is 308 g/mol. The lowest BCUT2D eigenvalue weighted by atomic mass is 10.1. The van der Waals surface area contributed by atoms with Gasteiger partial charge in [0.2, 0.25) is 0 Å². The van der Waals surface area contributed by atoms with Gasteiger partial charge in [0.15, 0.2) is 0 Å². The number of nitrogens with two attached hydrogens (primary N) is 1. The monoisotopic (exact) mass is 307 g/mol. The van der Waals surface area contributed by atoms with Gasteiger partial charge in [-0.1, -0.05) is 15.9 Å². The topological polar surface area (TPSA) is 45.0 Å². The standard InChI is InChI=1S/C14H18BrN3/c15-12-1-2-14-13(5-12)11(7-17-14)9-18-4-3-10(6-16)8-18/h1-2,5,7,10,17H,3-4,6,8-9,16H2. The predicted molar refractivity (Wildman–Crippen MR) is 78.4 cm³/mol. The van der Waals surface area contributed by atoms with Crippen LogP contribution in [-0.4, -0.2) is 29.5 Å². The molecule has 96 valence electrons. The highest BCUT2D eigenvalue weighted by Gasteiger charge is 2.21. The van der Waals surface area contributed by atoms with Gasteiger partial charge >= 0.3 is 0 Å². The number of hydrogen-bond donors (Lipinski definition) is 2. The van der Waals surface area contributed by atoms with Crippen molar-refractivity contribution >= 4 is 26.8 Å². The van der Waals surface area contributed by atoms with Crippen molar-refractivity contribution in [2.24, 2.45) is 11.7 Å². The molecule has 1 atom stereocenters. The van der Waals surface area contributed by atoms with Crippen LogP contribution in [0.4, 0.5) is 0 Å². The zero-order chi connectivity index (χ0) is 12.5. The molecule has 1 saturated heterocycles. The first-order valence-electron chi connectivity index (χ1n) is 6.44. The zero-order valence-corrected chi connectivity index (χ0v) is 11.9. The predicted octanol–water partition coefficient (Wildman–Crippen LogP) is 2.71. The summed E-state index contributed by atoms with van der Waals surface area (Å²) in [5.74, 6) is 0.682. The maximum atomic E-state index is 5.74. The SMILES string of the molecule is NCC1CCN(Cc2c[nH]c3ccc(Br)cc23)C1. The molecular formula is C14H18BrN3. The van der Waals surface area contributed by atoms with Crippen LogP contribution in [-0.2, 0) is 6.54 Å². The molecule has 0 spiro atoms. The number of hydrogen-bond acceptors (Lipinski definition) is 2. The van der Waals surface area contributed by atoms with Crippen LogP contribution in [0.5, 0.6) is 0 Å². The maximum absolute atomic E-state index is 5.74. The molecule has 0 amide bonds. The van der Waals surface area contributed by atoms with E-state index in [0.29, 0.717) is 5.92 Å². The summed E-state index contributed by atoms with van der Waals surface area (Å²) in [5, 5.41) is 1.32. The van der Waals surface area contributed by atoms with Crippen LogP contribution < -0.4 is 5.73 Å². The molecule has 2 heterocycles. The van der Waals surface area contributed by atoms with Crippen molar-refractivity contribution in [2.45, 2.75) is 13.0 Å². The molecule has 0 bridgehead atoms. The van der Waals surface area contributed by atoms with E-state index in [1.165, 1.54) is 29.4 Å². The number of nitrogens with zero attached hydrogens (tertiary/aromatic N) is 1. The van der Waals surface area contributed by atoms with Gasteiger partial charge in [-0.25, -0.2) is 0 Å². The van der Waals surface area contributed by atoms with Crippen molar-refractivity contribution in [3.05, 3.63) is 34.4 Å². The molecule has 1 aromatic heterocycles. The van der Waals surface area contributed by atoms with Gasteiger partial charge < -0.3 is 10.7 Å². The molecule has 3 N–H and O–H groups in total. The molecule has 1 aliphatic rings. The number of rotatable bonds is 3. The Morgan fingerprint density at radius 2 is 2.33 bits per heavy atom. The molecule has 1 fully saturated rings. The van der Waals surface area contributed by atoms with E-state index < -0.39 is 0 Å². The third kappa shape index (κ3) is 2.32. The largest absolute Gasteiger partial charge is 0.361 e. The Hall–Kier alpha value is -0.840. The van der Waals surface area contributed by atoms with Crippen LogP contribution in [0.2, 0.25) is 0 Å². The number of H-pyrrole nitrogens is 1. The Morgan fingerprint density at radius 1 is 1.44 bits per heavy atom. The van der Waals surface area contributed by atoms with E-state index in [1.54, 1.807) is 0 Å². The third-order valence-electron chi connectivity index (χ3n) is 3.83. The Bertz CT molecular complexity index is 549. The van der Waals surface area contributed by atoms with Crippen molar-refractivity contribution in [1.82, 2.24) is 9.88 Å². The summed E-state index contributed by atoms with van der Waals surface area (Å²) in [6.45, 7) is 4.14. The summed E-state index contributed by atoms with van der Waals surface area (Å²) in [6.07, 6.45) is 3.37. The van der Waals surface area contributed by atoms with E-state index in [9.17, 15) is 0 Å². The smallest absolute Gasteiger partial charge is 0.0458 e. The van der Waals surface area contributed by atoms with Gasteiger partial charge in [0.25, 0.3) is 0 Å². The molecule has 0 saturated carbocycles. The van der Waals surface area contributed by atoms with Crippen molar-refractivity contribution in [2.75, 3.05) is 19.6 Å². The van der Waals surface area contributed by atoms with Gasteiger partial charge in [-0.15, -0.1) is 0 Å². The highest BCUT2D eigenvalue weighted by molar-refractivity contribution is 9.10. The molecule has 1 unspecified atom stereocenters. The van der Waals surface area contributed by atoms with Crippen molar-refractivity contribution in [3.8, 4) is 0 Å². The van der Waals surface area contributed by atoms with Gasteiger partial charge in [-0.05, 0) is 49.2 Å². The van der Waals surface area contributed by atoms with Gasteiger partial charge in [-0.2, -0.15) is 0 Å². The van der Waals surface area contributed by atoms with Crippen LogP contribution in [0, 0.1) is 5.92 Å². The average Bonchev–Trinajstić information content (AvgIpc) is 2.97. The number of likely N-dealkylation sites (tertiary alicyclic amines) is 1. The molecule has 1 aliphatic heterocycles. The lowest BCUT2D eigenvalue weighted by molar-refractivity contribution is 0.319. The molecule has 3 rings (SSSR count). The maximum Gasteiger partial charge on any atom is 0.0458 e. The zero-order valence-electron chi connectivity index (χ0n) is 10.3. The second-order valence-electron chi connectivity index (χ2n) is 5.13. The molecule has 1 aromatic carbocycles. The summed E-state index contributed by atoms with van der Waals surface area (Å²) in [6, 6.07) is 6.39. The first kappa shape index (κ1) is 12.2. The van der Waals surface area contributed by atoms with Crippen LogP contribution in [0.3, 0.4) is 0 Å². The number of benzene rings is 1. The normalized spacial score (nSPS) is 20.9. The van der Waals surface area contributed by atoms with Crippen LogP contribution in [0.15, 0.2) is 28.9 Å². The Labute approximate surface area is 115 Å². The van der Waals surface area contributed by atoms with Gasteiger partial charge in [0.05, 0.1) is 0 Å². The minimum Gasteiger partial charge on any atom is -0.361 e. The van der Waals surface area contributed by atoms with Crippen LogP contribution >= 0.6 is 15.9 Å². The van der Waals surface area contributed by atoms with Crippen molar-refractivity contribution in [3.63, 3.8) is 0 Å². The Morgan fingerprint density at radius 3 is 3.11 bits per heavy atom. The van der Waals surface area contributed by atoms with Gasteiger partial charge in [-0.3, -0.25) is 4.90 Å². The van der Waals surface area contributed by atoms with E-state index in [2.05, 4.69) is 50.2 Å². The Balaban J connectivity index is 1.80. The first-order valence-corrected chi connectivity index (χ1v) is 7.23. The summed E-state index contributed by atoms with van der Waals surface area (Å²) >= 11 is 3.54. The minimum atomic E-state index is 0.682. The van der Waals surface area contributed by atoms with Crippen LogP contribution in [0.25, 0.3) is 10.9 Å². The molecule has 3 nitrogen and oxygen atoms in total. The second-order valence-corrected chi connectivity index (χ2v) is 6.05. The number of aromatic amines is 1. The number of fused-ring (bicyclic) bond motifs is 1. The molecular weight excluding hydrogens is 290 g/mol. The molecule has 18 heavy (non-hydrogen) atoms. The van der Waals surface area contributed by atoms with Crippen LogP contribution in [0.1, 0.15) is 12.0 Å². The fourth-order valence-electron chi connectivity index (χ4n) is 2.77. The number of nitrogens with one attached hydrogen (secondary N) is 1. The van der Waals surface area contributed by atoms with E-state index in [1.807, 2.05) is 0 Å². The van der Waals surface area contributed by atoms with Crippen molar-refractivity contribution in [1.29, 1.82) is 0 Å². The quantitative estimate of drug-likeness (QED) is 0.916. The lowest BCUT2D eigenvalue weighted by Gasteiger charge is -2.15. The van der Waals surface area contributed by atoms with E-state index >= 15 is 0 Å². The summed E-state index contributed by atoms with van der Waals surface area (Å²) < 4.78 is 1.14. The number of halogens is 1. The lowest BCUT2D eigenvalue weighted by Crippen LogP contribution is -2.22. The van der Waals surface area contributed by atoms with E-state index in [4.69, 9.17) is 5.73 Å². The second kappa shape index (κ2) is 5.03. The molecule has 0 aliphatic carbocycles. The summed E-state index contributed by atoms with van der Waals surface area (Å²) in [7, 11) is 0. The highest BCUT2D eigenvalue weighted by Crippen LogP contribution is 2.25. The van der Waals surface area contributed by atoms with E-state index in [0.717, 1.165) is 24.1 Å². The first-order chi connectivity index (χ1) is 8.76. The van der Waals surface area contributed by atoms with Crippen molar-refractivity contribution < 1.29 is 0 Å². The fraction of sp³-hybridized carbons (Fsp3) is 0.429. The number of aromatic nitrogens is 1. The minimum absolute atomic E-state index is 0.682. The highest BCUT2D eigenvalue weighted by atomic mass is 79.9. The molecule has 2 aromatic rings. The Kier molecular flexibility index (Phi) is 3.41.